The zero-order chi connectivity index (χ0) is 20.8. The predicted octanol–water partition coefficient (Wildman–Crippen LogP) is 3.78. The van der Waals surface area contributed by atoms with E-state index in [1.54, 1.807) is 18.2 Å². The zero-order valence-corrected chi connectivity index (χ0v) is 17.6. The van der Waals surface area contributed by atoms with Crippen LogP contribution in [0, 0.1) is 6.92 Å². The standard InChI is InChI=1S/C18H17Cl2N7OS/c1-11-4-2-6-13(8-11)23-15(28)10-29-18-26-25-17(27(18)21)24-22-9-12-5-3-7-14(19)16(12)20/h2-9H,10,21H2,1H3,(H,23,28)(H,24,25)/b22-9+. The van der Waals surface area contributed by atoms with Crippen molar-refractivity contribution in [2.75, 3.05) is 22.3 Å². The molecule has 3 rings (SSSR count). The highest BCUT2D eigenvalue weighted by Gasteiger charge is 2.12. The number of aromatic nitrogens is 3. The largest absolute Gasteiger partial charge is 0.334 e. The lowest BCUT2D eigenvalue weighted by atomic mass is 10.2. The third-order valence-corrected chi connectivity index (χ3v) is 5.42. The number of nitrogen functional groups attached to an aromatic ring is 1. The second-order valence-electron chi connectivity index (χ2n) is 5.90. The molecule has 1 heterocycles. The number of benzene rings is 2. The summed E-state index contributed by atoms with van der Waals surface area (Å²) in [4.78, 5) is 12.1. The van der Waals surface area contributed by atoms with E-state index >= 15 is 0 Å². The number of anilines is 2. The van der Waals surface area contributed by atoms with Gasteiger partial charge in [0.2, 0.25) is 11.1 Å². The average molecular weight is 450 g/mol. The molecular weight excluding hydrogens is 433 g/mol. The number of hydrogen-bond acceptors (Lipinski definition) is 7. The summed E-state index contributed by atoms with van der Waals surface area (Å²) in [6.45, 7) is 1.96. The number of thioether (sulfide) groups is 1. The maximum absolute atomic E-state index is 12.1. The predicted molar refractivity (Wildman–Crippen MR) is 118 cm³/mol. The van der Waals surface area contributed by atoms with Crippen LogP contribution in [0.1, 0.15) is 11.1 Å². The summed E-state index contributed by atoms with van der Waals surface area (Å²) in [5.74, 6) is 6.12. The fraction of sp³-hybridized carbons (Fsp3) is 0.111. The molecule has 3 aromatic rings. The molecule has 0 aliphatic heterocycles. The highest BCUT2D eigenvalue weighted by molar-refractivity contribution is 7.99. The highest BCUT2D eigenvalue weighted by Crippen LogP contribution is 2.24. The molecule has 8 nitrogen and oxygen atoms in total. The van der Waals surface area contributed by atoms with Gasteiger partial charge in [-0.25, -0.2) is 10.1 Å². The Bertz CT molecular complexity index is 1050. The lowest BCUT2D eigenvalue weighted by Crippen LogP contribution is -2.16. The number of carbonyl (C=O) groups is 1. The topological polar surface area (TPSA) is 110 Å². The van der Waals surface area contributed by atoms with Crippen molar-refractivity contribution in [2.45, 2.75) is 12.1 Å². The van der Waals surface area contributed by atoms with Crippen LogP contribution in [0.15, 0.2) is 52.7 Å². The molecule has 1 amide bonds. The van der Waals surface area contributed by atoms with E-state index in [0.717, 1.165) is 23.0 Å². The summed E-state index contributed by atoms with van der Waals surface area (Å²) in [6.07, 6.45) is 1.49. The number of hydrazone groups is 1. The average Bonchev–Trinajstić information content (AvgIpc) is 3.03. The van der Waals surface area contributed by atoms with Crippen LogP contribution in [-0.4, -0.2) is 32.7 Å². The van der Waals surface area contributed by atoms with Crippen molar-refractivity contribution in [3.8, 4) is 0 Å². The molecule has 0 atom stereocenters. The third-order valence-electron chi connectivity index (χ3n) is 3.65. The Hall–Kier alpha value is -2.75. The van der Waals surface area contributed by atoms with Gasteiger partial charge in [-0.3, -0.25) is 4.79 Å². The molecule has 0 aliphatic rings. The molecule has 1 aromatic heterocycles. The van der Waals surface area contributed by atoms with Crippen LogP contribution < -0.4 is 16.6 Å². The van der Waals surface area contributed by atoms with Crippen molar-refractivity contribution in [3.63, 3.8) is 0 Å². The Labute approximate surface area is 181 Å². The van der Waals surface area contributed by atoms with E-state index < -0.39 is 0 Å². The molecular formula is C18H17Cl2N7OS. The molecule has 11 heteroatoms. The zero-order valence-electron chi connectivity index (χ0n) is 15.3. The molecule has 0 aliphatic carbocycles. The van der Waals surface area contributed by atoms with Gasteiger partial charge < -0.3 is 11.2 Å². The molecule has 29 heavy (non-hydrogen) atoms. The van der Waals surface area contributed by atoms with Gasteiger partial charge in [-0.15, -0.1) is 10.2 Å². The number of carbonyl (C=O) groups excluding carboxylic acids is 1. The Morgan fingerprint density at radius 1 is 1.28 bits per heavy atom. The van der Waals surface area contributed by atoms with Gasteiger partial charge in [-0.2, -0.15) is 5.10 Å². The number of hydrogen-bond donors (Lipinski definition) is 3. The smallest absolute Gasteiger partial charge is 0.264 e. The molecule has 0 spiro atoms. The monoisotopic (exact) mass is 449 g/mol. The van der Waals surface area contributed by atoms with Gasteiger partial charge in [0.15, 0.2) is 0 Å². The number of halogens is 2. The Morgan fingerprint density at radius 2 is 2.07 bits per heavy atom. The minimum atomic E-state index is -0.174. The van der Waals surface area contributed by atoms with Gasteiger partial charge in [0.05, 0.1) is 22.0 Å². The van der Waals surface area contributed by atoms with Crippen LogP contribution in [0.25, 0.3) is 0 Å². The van der Waals surface area contributed by atoms with Crippen molar-refractivity contribution < 1.29 is 4.79 Å². The van der Waals surface area contributed by atoms with Crippen LogP contribution >= 0.6 is 35.0 Å². The van der Waals surface area contributed by atoms with Crippen molar-refractivity contribution in [3.05, 3.63) is 63.6 Å². The van der Waals surface area contributed by atoms with Gasteiger partial charge in [-0.05, 0) is 30.7 Å². The van der Waals surface area contributed by atoms with Crippen molar-refractivity contribution in [1.82, 2.24) is 14.9 Å². The number of aryl methyl sites for hydroxylation is 1. The quantitative estimate of drug-likeness (QED) is 0.219. The summed E-state index contributed by atoms with van der Waals surface area (Å²) in [7, 11) is 0. The number of nitrogens with one attached hydrogen (secondary N) is 2. The lowest BCUT2D eigenvalue weighted by molar-refractivity contribution is -0.113. The van der Waals surface area contributed by atoms with Crippen molar-refractivity contribution >= 4 is 58.7 Å². The highest BCUT2D eigenvalue weighted by atomic mass is 35.5. The first-order valence-corrected chi connectivity index (χ1v) is 10.1. The normalized spacial score (nSPS) is 11.0. The summed E-state index contributed by atoms with van der Waals surface area (Å²) >= 11 is 13.2. The number of nitrogens with two attached hydrogens (primary N) is 1. The van der Waals surface area contributed by atoms with Crippen LogP contribution in [0.4, 0.5) is 11.6 Å². The second kappa shape index (κ2) is 9.64. The number of nitrogens with zero attached hydrogens (tertiary/aromatic N) is 4. The molecule has 0 bridgehead atoms. The number of amides is 1. The van der Waals surface area contributed by atoms with Gasteiger partial charge in [0.25, 0.3) is 5.95 Å². The summed E-state index contributed by atoms with van der Waals surface area (Å²) < 4.78 is 1.21. The Kier molecular flexibility index (Phi) is 6.97. The first kappa shape index (κ1) is 21.0. The van der Waals surface area contributed by atoms with E-state index in [2.05, 4.69) is 26.0 Å². The fourth-order valence-electron chi connectivity index (χ4n) is 2.28. The van der Waals surface area contributed by atoms with Gasteiger partial charge in [-0.1, -0.05) is 59.2 Å². The molecule has 0 unspecified atom stereocenters. The molecule has 0 radical (unpaired) electrons. The van der Waals surface area contributed by atoms with Crippen molar-refractivity contribution in [2.24, 2.45) is 5.10 Å². The van der Waals surface area contributed by atoms with E-state index in [4.69, 9.17) is 29.0 Å². The fourth-order valence-corrected chi connectivity index (χ4v) is 3.29. The second-order valence-corrected chi connectivity index (χ2v) is 7.62. The van der Waals surface area contributed by atoms with Gasteiger partial charge in [0.1, 0.15) is 0 Å². The molecule has 2 aromatic carbocycles. The Balaban J connectivity index is 1.55. The SMILES string of the molecule is Cc1cccc(NC(=O)CSc2nnc(N/N=C/c3cccc(Cl)c3Cl)n2N)c1. The van der Waals surface area contributed by atoms with Gasteiger partial charge >= 0.3 is 0 Å². The summed E-state index contributed by atoms with van der Waals surface area (Å²) in [5.41, 5.74) is 5.12. The van der Waals surface area contributed by atoms with E-state index in [-0.39, 0.29) is 17.6 Å². The minimum absolute atomic E-state index is 0.130. The third kappa shape index (κ3) is 5.63. The van der Waals surface area contributed by atoms with Crippen LogP contribution in [0.3, 0.4) is 0 Å². The maximum Gasteiger partial charge on any atom is 0.264 e. The van der Waals surface area contributed by atoms with Crippen LogP contribution in [-0.2, 0) is 4.79 Å². The molecule has 0 saturated carbocycles. The molecule has 0 saturated heterocycles. The van der Waals surface area contributed by atoms with Crippen molar-refractivity contribution in [1.29, 1.82) is 0 Å². The maximum atomic E-state index is 12.1. The first-order chi connectivity index (χ1) is 13.9. The summed E-state index contributed by atoms with van der Waals surface area (Å²) in [5, 5.41) is 15.9. The van der Waals surface area contributed by atoms with Crippen LogP contribution in [0.5, 0.6) is 0 Å². The molecule has 150 valence electrons. The van der Waals surface area contributed by atoms with E-state index in [1.807, 2.05) is 31.2 Å². The minimum Gasteiger partial charge on any atom is -0.334 e. The summed E-state index contributed by atoms with van der Waals surface area (Å²) in [6, 6.07) is 12.8. The number of rotatable bonds is 7. The van der Waals surface area contributed by atoms with Crippen LogP contribution in [0.2, 0.25) is 10.0 Å². The van der Waals surface area contributed by atoms with E-state index in [0.29, 0.717) is 20.8 Å². The molecule has 0 fully saturated rings. The molecule has 4 N–H and O–H groups in total. The van der Waals surface area contributed by atoms with Gasteiger partial charge in [0, 0.05) is 11.3 Å². The van der Waals surface area contributed by atoms with E-state index in [1.165, 1.54) is 10.9 Å². The van der Waals surface area contributed by atoms with E-state index in [9.17, 15) is 4.79 Å². The lowest BCUT2D eigenvalue weighted by Gasteiger charge is -2.06. The Morgan fingerprint density at radius 3 is 2.86 bits per heavy atom. The first-order valence-electron chi connectivity index (χ1n) is 8.37.